The number of guanidine groups is 1. The smallest absolute Gasteiger partial charge is 0.191 e. The molecule has 0 fully saturated rings. The van der Waals surface area contributed by atoms with Gasteiger partial charge in [0.15, 0.2) is 5.96 Å². The van der Waals surface area contributed by atoms with Crippen LogP contribution in [-0.2, 0) is 13.1 Å². The van der Waals surface area contributed by atoms with Crippen LogP contribution in [0.5, 0.6) is 0 Å². The Labute approximate surface area is 179 Å². The Kier molecular flexibility index (Phi) is 7.89. The average molecular weight is 528 g/mol. The first-order valence-corrected chi connectivity index (χ1v) is 9.15. The van der Waals surface area contributed by atoms with Crippen molar-refractivity contribution in [2.75, 3.05) is 6.54 Å². The predicted molar refractivity (Wildman–Crippen MR) is 121 cm³/mol. The van der Waals surface area contributed by atoms with E-state index in [4.69, 9.17) is 0 Å². The Morgan fingerprint density at radius 1 is 1.15 bits per heavy atom. The number of rotatable bonds is 5. The highest BCUT2D eigenvalue weighted by molar-refractivity contribution is 14.0. The first kappa shape index (κ1) is 20.7. The summed E-state index contributed by atoms with van der Waals surface area (Å²) in [6.45, 7) is 6.27. The zero-order valence-corrected chi connectivity index (χ0v) is 18.8. The minimum atomic E-state index is 0. The Hall–Kier alpha value is -1.61. The fourth-order valence-corrected chi connectivity index (χ4v) is 2.92. The van der Waals surface area contributed by atoms with Gasteiger partial charge in [-0.15, -0.1) is 24.0 Å². The summed E-state index contributed by atoms with van der Waals surface area (Å²) in [6.07, 6.45) is 4.03. The third-order valence-electron chi connectivity index (χ3n) is 3.91. The molecule has 0 aliphatic rings. The van der Waals surface area contributed by atoms with Crippen LogP contribution in [0.3, 0.4) is 0 Å². The average Bonchev–Trinajstić information content (AvgIpc) is 3.00. The van der Waals surface area contributed by atoms with Gasteiger partial charge in [-0.05, 0) is 53.0 Å². The van der Waals surface area contributed by atoms with Gasteiger partial charge in [-0.2, -0.15) is 0 Å². The number of hydrogen-bond donors (Lipinski definition) is 2. The second kappa shape index (κ2) is 9.91. The number of nitrogens with zero attached hydrogens (tertiary/aromatic N) is 3. The van der Waals surface area contributed by atoms with E-state index in [-0.39, 0.29) is 24.0 Å². The fraction of sp³-hybridized carbons (Fsp3) is 0.263. The lowest BCUT2D eigenvalue weighted by Gasteiger charge is -2.10. The SMILES string of the molecule is CCNC(=NCc1ccccc1C)NCc1cn2cc(Br)ccc2n1.I. The maximum absolute atomic E-state index is 4.68. The van der Waals surface area contributed by atoms with Crippen LogP contribution in [0.25, 0.3) is 5.65 Å². The number of pyridine rings is 1. The van der Waals surface area contributed by atoms with E-state index in [2.05, 4.69) is 62.5 Å². The van der Waals surface area contributed by atoms with E-state index in [0.29, 0.717) is 13.1 Å². The summed E-state index contributed by atoms with van der Waals surface area (Å²) in [6, 6.07) is 12.3. The van der Waals surface area contributed by atoms with Crippen LogP contribution in [0.15, 0.2) is 58.3 Å². The molecule has 1 aromatic carbocycles. The Morgan fingerprint density at radius 3 is 2.73 bits per heavy atom. The summed E-state index contributed by atoms with van der Waals surface area (Å²) in [5.74, 6) is 0.795. The van der Waals surface area contributed by atoms with Crippen LogP contribution >= 0.6 is 39.9 Å². The highest BCUT2D eigenvalue weighted by atomic mass is 127. The van der Waals surface area contributed by atoms with E-state index in [9.17, 15) is 0 Å². The van der Waals surface area contributed by atoms with Gasteiger partial charge in [0, 0.05) is 23.4 Å². The Morgan fingerprint density at radius 2 is 1.96 bits per heavy atom. The van der Waals surface area contributed by atoms with Crippen molar-refractivity contribution in [3.8, 4) is 0 Å². The van der Waals surface area contributed by atoms with E-state index in [1.54, 1.807) is 0 Å². The van der Waals surface area contributed by atoms with Crippen molar-refractivity contribution < 1.29 is 0 Å². The topological polar surface area (TPSA) is 53.7 Å². The summed E-state index contributed by atoms with van der Waals surface area (Å²) in [4.78, 5) is 9.30. The number of benzene rings is 1. The number of halogens is 2. The molecular weight excluding hydrogens is 505 g/mol. The number of nitrogens with one attached hydrogen (secondary N) is 2. The van der Waals surface area contributed by atoms with Crippen LogP contribution < -0.4 is 10.6 Å². The molecule has 0 saturated heterocycles. The Bertz CT molecular complexity index is 891. The molecule has 138 valence electrons. The van der Waals surface area contributed by atoms with Crippen LogP contribution in [0.1, 0.15) is 23.7 Å². The lowest BCUT2D eigenvalue weighted by Crippen LogP contribution is -2.36. The molecule has 0 aliphatic carbocycles. The van der Waals surface area contributed by atoms with E-state index in [0.717, 1.165) is 28.3 Å². The van der Waals surface area contributed by atoms with Crippen molar-refractivity contribution >= 4 is 51.5 Å². The lowest BCUT2D eigenvalue weighted by molar-refractivity contribution is 0.803. The summed E-state index contributed by atoms with van der Waals surface area (Å²) < 4.78 is 3.04. The number of aryl methyl sites for hydroxylation is 1. The number of hydrogen-bond acceptors (Lipinski definition) is 2. The van der Waals surface area contributed by atoms with Crippen molar-refractivity contribution in [2.45, 2.75) is 26.9 Å². The molecule has 0 unspecified atom stereocenters. The van der Waals surface area contributed by atoms with E-state index in [1.807, 2.05) is 41.1 Å². The summed E-state index contributed by atoms with van der Waals surface area (Å²) >= 11 is 3.48. The summed E-state index contributed by atoms with van der Waals surface area (Å²) in [7, 11) is 0. The van der Waals surface area contributed by atoms with Crippen molar-refractivity contribution in [3.63, 3.8) is 0 Å². The van der Waals surface area contributed by atoms with Crippen molar-refractivity contribution in [1.82, 2.24) is 20.0 Å². The van der Waals surface area contributed by atoms with Crippen LogP contribution in [-0.4, -0.2) is 21.9 Å². The molecule has 5 nitrogen and oxygen atoms in total. The molecule has 0 saturated carbocycles. The third-order valence-corrected chi connectivity index (χ3v) is 4.38. The van der Waals surface area contributed by atoms with Crippen molar-refractivity contribution in [3.05, 3.63) is 70.1 Å². The predicted octanol–water partition coefficient (Wildman–Crippen LogP) is 4.28. The largest absolute Gasteiger partial charge is 0.357 e. The number of aromatic nitrogens is 2. The van der Waals surface area contributed by atoms with Crippen LogP contribution in [0.2, 0.25) is 0 Å². The molecule has 0 spiro atoms. The molecule has 3 rings (SSSR count). The lowest BCUT2D eigenvalue weighted by atomic mass is 10.1. The van der Waals surface area contributed by atoms with Gasteiger partial charge < -0.3 is 15.0 Å². The maximum Gasteiger partial charge on any atom is 0.191 e. The van der Waals surface area contributed by atoms with Crippen molar-refractivity contribution in [1.29, 1.82) is 0 Å². The summed E-state index contributed by atoms with van der Waals surface area (Å²) in [5.41, 5.74) is 4.40. The van der Waals surface area contributed by atoms with Gasteiger partial charge in [0.25, 0.3) is 0 Å². The third kappa shape index (κ3) is 5.44. The first-order valence-electron chi connectivity index (χ1n) is 8.35. The quantitative estimate of drug-likeness (QED) is 0.296. The van der Waals surface area contributed by atoms with Gasteiger partial charge in [0.05, 0.1) is 18.8 Å². The maximum atomic E-state index is 4.68. The van der Waals surface area contributed by atoms with E-state index < -0.39 is 0 Å². The molecule has 2 aromatic heterocycles. The molecule has 0 bridgehead atoms. The minimum absolute atomic E-state index is 0. The van der Waals surface area contributed by atoms with E-state index in [1.165, 1.54) is 11.1 Å². The molecule has 2 N–H and O–H groups in total. The van der Waals surface area contributed by atoms with Gasteiger partial charge in [-0.1, -0.05) is 24.3 Å². The summed E-state index contributed by atoms with van der Waals surface area (Å²) in [5, 5.41) is 6.64. The molecule has 2 heterocycles. The molecule has 26 heavy (non-hydrogen) atoms. The standard InChI is InChI=1S/C19H22BrN5.HI/c1-3-21-19(22-10-15-7-5-4-6-14(15)2)23-11-17-13-25-12-16(20)8-9-18(25)24-17;/h4-9,12-13H,3,10-11H2,1-2H3,(H2,21,22,23);1H. The molecule has 7 heteroatoms. The van der Waals surface area contributed by atoms with Gasteiger partial charge >= 0.3 is 0 Å². The minimum Gasteiger partial charge on any atom is -0.357 e. The van der Waals surface area contributed by atoms with Gasteiger partial charge in [-0.25, -0.2) is 9.98 Å². The molecule has 0 aliphatic heterocycles. The van der Waals surface area contributed by atoms with Gasteiger partial charge in [0.2, 0.25) is 0 Å². The zero-order chi connectivity index (χ0) is 17.6. The van der Waals surface area contributed by atoms with Gasteiger partial charge in [-0.3, -0.25) is 0 Å². The highest BCUT2D eigenvalue weighted by Gasteiger charge is 2.04. The highest BCUT2D eigenvalue weighted by Crippen LogP contribution is 2.12. The second-order valence-corrected chi connectivity index (χ2v) is 6.74. The fourth-order valence-electron chi connectivity index (χ4n) is 2.57. The Balaban J connectivity index is 0.00000243. The van der Waals surface area contributed by atoms with Gasteiger partial charge in [0.1, 0.15) is 5.65 Å². The molecule has 0 amide bonds. The van der Waals surface area contributed by atoms with Crippen LogP contribution in [0, 0.1) is 6.92 Å². The molecule has 3 aromatic rings. The zero-order valence-electron chi connectivity index (χ0n) is 14.9. The number of imidazole rings is 1. The molecule has 0 radical (unpaired) electrons. The van der Waals surface area contributed by atoms with E-state index >= 15 is 0 Å². The van der Waals surface area contributed by atoms with Crippen molar-refractivity contribution in [2.24, 2.45) is 4.99 Å². The molecular formula is C19H23BrIN5. The monoisotopic (exact) mass is 527 g/mol. The number of aliphatic imine (C=N–C) groups is 1. The second-order valence-electron chi connectivity index (χ2n) is 5.82. The molecule has 0 atom stereocenters. The first-order chi connectivity index (χ1) is 12.2. The number of fused-ring (bicyclic) bond motifs is 1. The normalized spacial score (nSPS) is 11.3. The van der Waals surface area contributed by atoms with Crippen LogP contribution in [0.4, 0.5) is 0 Å².